The van der Waals surface area contributed by atoms with Crippen LogP contribution in [0.1, 0.15) is 47.6 Å². The molecule has 0 saturated carbocycles. The topological polar surface area (TPSA) is 17.8 Å². The Morgan fingerprint density at radius 1 is 0.864 bits per heavy atom. The Morgan fingerprint density at radius 2 is 1.45 bits per heavy atom. The normalized spacial score (nSPS) is 9.77. The van der Waals surface area contributed by atoms with Gasteiger partial charge in [0.1, 0.15) is 0 Å². The van der Waals surface area contributed by atoms with Gasteiger partial charge in [0.15, 0.2) is 0 Å². The molecule has 2 heterocycles. The van der Waals surface area contributed by atoms with Crippen molar-refractivity contribution in [3.63, 3.8) is 0 Å². The van der Waals surface area contributed by atoms with Crippen LogP contribution in [0.5, 0.6) is 0 Å². The lowest BCUT2D eigenvalue weighted by atomic mass is 10.2. The molecule has 0 saturated heterocycles. The maximum atomic E-state index is 4.09. The molecule has 0 amide bonds. The van der Waals surface area contributed by atoms with Crippen LogP contribution in [0.15, 0.2) is 54.9 Å². The summed E-state index contributed by atoms with van der Waals surface area (Å²) < 4.78 is 2.38. The van der Waals surface area contributed by atoms with E-state index in [0.29, 0.717) is 6.04 Å². The van der Waals surface area contributed by atoms with Crippen molar-refractivity contribution < 1.29 is 0 Å². The molecule has 1 aromatic carbocycles. The second-order valence-electron chi connectivity index (χ2n) is 4.79. The molecule has 0 radical (unpaired) electrons. The van der Waals surface area contributed by atoms with Crippen LogP contribution in [0.3, 0.4) is 0 Å². The monoisotopic (exact) mass is 296 g/mol. The van der Waals surface area contributed by atoms with Gasteiger partial charge in [0, 0.05) is 40.6 Å². The van der Waals surface area contributed by atoms with Crippen LogP contribution in [0.2, 0.25) is 0 Å². The average molecular weight is 296 g/mol. The molecule has 3 rings (SSSR count). The summed E-state index contributed by atoms with van der Waals surface area (Å²) in [6.45, 7) is 12.4. The van der Waals surface area contributed by atoms with E-state index in [2.05, 4.69) is 65.9 Å². The number of aromatic nitrogens is 2. The Labute approximate surface area is 134 Å². The van der Waals surface area contributed by atoms with E-state index in [4.69, 9.17) is 0 Å². The number of rotatable bonds is 2. The van der Waals surface area contributed by atoms with Crippen molar-refractivity contribution in [2.75, 3.05) is 0 Å². The van der Waals surface area contributed by atoms with Crippen molar-refractivity contribution in [1.29, 1.82) is 0 Å². The van der Waals surface area contributed by atoms with Crippen LogP contribution in [0.25, 0.3) is 22.2 Å². The fraction of sp³-hybridized carbons (Fsp3) is 0.350. The average Bonchev–Trinajstić information content (AvgIpc) is 2.99. The van der Waals surface area contributed by atoms with Gasteiger partial charge < -0.3 is 4.57 Å². The van der Waals surface area contributed by atoms with E-state index in [1.807, 2.05) is 40.1 Å². The molecule has 2 nitrogen and oxygen atoms in total. The summed E-state index contributed by atoms with van der Waals surface area (Å²) in [7, 11) is 0. The number of para-hydroxylation sites is 1. The predicted molar refractivity (Wildman–Crippen MR) is 98.3 cm³/mol. The molecule has 0 aliphatic heterocycles. The van der Waals surface area contributed by atoms with Crippen LogP contribution < -0.4 is 0 Å². The zero-order valence-electron chi connectivity index (χ0n) is 14.7. The number of hydrogen-bond donors (Lipinski definition) is 0. The molecule has 0 N–H and O–H groups in total. The molecule has 0 atom stereocenters. The summed E-state index contributed by atoms with van der Waals surface area (Å²) in [6.07, 6.45) is 3.69. The van der Waals surface area contributed by atoms with Gasteiger partial charge in [-0.1, -0.05) is 45.9 Å². The van der Waals surface area contributed by atoms with E-state index in [9.17, 15) is 0 Å². The summed E-state index contributed by atoms with van der Waals surface area (Å²) in [5.41, 5.74) is 3.77. The van der Waals surface area contributed by atoms with Crippen molar-refractivity contribution in [3.8, 4) is 11.3 Å². The minimum Gasteiger partial charge on any atom is -0.338 e. The molecular weight excluding hydrogens is 268 g/mol. The zero-order valence-corrected chi connectivity index (χ0v) is 14.7. The summed E-state index contributed by atoms with van der Waals surface area (Å²) in [5, 5.41) is 1.29. The molecule has 0 aliphatic rings. The quantitative estimate of drug-likeness (QED) is 0.539. The Bertz CT molecular complexity index is 666. The molecule has 22 heavy (non-hydrogen) atoms. The summed E-state index contributed by atoms with van der Waals surface area (Å²) in [4.78, 5) is 4.09. The van der Waals surface area contributed by atoms with Gasteiger partial charge in [-0.05, 0) is 38.1 Å². The summed E-state index contributed by atoms with van der Waals surface area (Å²) in [6, 6.07) is 15.3. The lowest BCUT2D eigenvalue weighted by molar-refractivity contribution is 0.629. The molecular formula is C20H28N2. The Kier molecular flexibility index (Phi) is 7.38. The smallest absolute Gasteiger partial charge is 0.0494 e. The fourth-order valence-corrected chi connectivity index (χ4v) is 2.48. The van der Waals surface area contributed by atoms with Gasteiger partial charge in [0.25, 0.3) is 0 Å². The van der Waals surface area contributed by atoms with E-state index in [0.717, 1.165) is 0 Å². The van der Waals surface area contributed by atoms with Crippen LogP contribution in [0, 0.1) is 0 Å². The highest BCUT2D eigenvalue weighted by atomic mass is 15.0. The fourth-order valence-electron chi connectivity index (χ4n) is 2.48. The van der Waals surface area contributed by atoms with Gasteiger partial charge in [-0.3, -0.25) is 4.98 Å². The lowest BCUT2D eigenvalue weighted by Crippen LogP contribution is -2.02. The van der Waals surface area contributed by atoms with Crippen molar-refractivity contribution in [3.05, 3.63) is 54.9 Å². The third-order valence-corrected chi connectivity index (χ3v) is 3.24. The van der Waals surface area contributed by atoms with Gasteiger partial charge in [-0.2, -0.15) is 0 Å². The summed E-state index contributed by atoms with van der Waals surface area (Å²) >= 11 is 0. The molecule has 0 bridgehead atoms. The number of fused-ring (bicyclic) bond motifs is 1. The van der Waals surface area contributed by atoms with E-state index in [1.165, 1.54) is 22.2 Å². The maximum absolute atomic E-state index is 4.09. The molecule has 0 unspecified atom stereocenters. The third-order valence-electron chi connectivity index (χ3n) is 3.24. The molecule has 118 valence electrons. The minimum atomic E-state index is 0.438. The lowest BCUT2D eigenvalue weighted by Gasteiger charge is -2.14. The van der Waals surface area contributed by atoms with Crippen molar-refractivity contribution >= 4 is 10.9 Å². The maximum Gasteiger partial charge on any atom is 0.0494 e. The predicted octanol–water partition coefficient (Wildman–Crippen LogP) is 6.34. The van der Waals surface area contributed by atoms with Crippen LogP contribution >= 0.6 is 0 Å². The van der Waals surface area contributed by atoms with E-state index < -0.39 is 0 Å². The van der Waals surface area contributed by atoms with Gasteiger partial charge in [-0.15, -0.1) is 0 Å². The molecule has 2 aromatic heterocycles. The van der Waals surface area contributed by atoms with Crippen LogP contribution in [0.4, 0.5) is 0 Å². The van der Waals surface area contributed by atoms with Gasteiger partial charge >= 0.3 is 0 Å². The first-order valence-corrected chi connectivity index (χ1v) is 8.28. The molecule has 0 aliphatic carbocycles. The Morgan fingerprint density at radius 3 is 2.05 bits per heavy atom. The van der Waals surface area contributed by atoms with Gasteiger partial charge in [0.05, 0.1) is 0 Å². The Hall–Kier alpha value is -2.09. The number of nitrogens with zero attached hydrogens (tertiary/aromatic N) is 2. The van der Waals surface area contributed by atoms with Crippen molar-refractivity contribution in [2.45, 2.75) is 47.6 Å². The highest BCUT2D eigenvalue weighted by Gasteiger charge is 2.12. The largest absolute Gasteiger partial charge is 0.338 e. The molecule has 0 spiro atoms. The van der Waals surface area contributed by atoms with E-state index in [1.54, 1.807) is 0 Å². The van der Waals surface area contributed by atoms with Crippen molar-refractivity contribution in [1.82, 2.24) is 9.55 Å². The minimum absolute atomic E-state index is 0.438. The third kappa shape index (κ3) is 3.76. The summed E-state index contributed by atoms with van der Waals surface area (Å²) in [5.74, 6) is 0. The first kappa shape index (κ1) is 18.0. The first-order chi connectivity index (χ1) is 10.8. The van der Waals surface area contributed by atoms with Crippen LogP contribution in [-0.4, -0.2) is 9.55 Å². The standard InChI is InChI=1S/C16H16N2.2C2H6/c1-12(2)18-15-6-4-3-5-14(15)11-16(18)13-7-9-17-10-8-13;2*1-2/h3-12H,1-2H3;2*1-2H3. The second-order valence-corrected chi connectivity index (χ2v) is 4.79. The Balaban J connectivity index is 0.000000561. The number of hydrogen-bond acceptors (Lipinski definition) is 1. The van der Waals surface area contributed by atoms with Gasteiger partial charge in [-0.25, -0.2) is 0 Å². The highest BCUT2D eigenvalue weighted by molar-refractivity contribution is 5.87. The number of pyridine rings is 1. The van der Waals surface area contributed by atoms with Crippen LogP contribution in [-0.2, 0) is 0 Å². The molecule has 3 aromatic rings. The molecule has 0 fully saturated rings. The van der Waals surface area contributed by atoms with E-state index in [-0.39, 0.29) is 0 Å². The van der Waals surface area contributed by atoms with Gasteiger partial charge in [0.2, 0.25) is 0 Å². The number of benzene rings is 1. The SMILES string of the molecule is CC.CC.CC(C)n1c(-c2ccncc2)cc2ccccc21. The molecule has 2 heteroatoms. The van der Waals surface area contributed by atoms with Crippen molar-refractivity contribution in [2.24, 2.45) is 0 Å². The second kappa shape index (κ2) is 9.04. The first-order valence-electron chi connectivity index (χ1n) is 8.28. The highest BCUT2D eigenvalue weighted by Crippen LogP contribution is 2.30. The van der Waals surface area contributed by atoms with E-state index >= 15 is 0 Å². The zero-order chi connectivity index (χ0) is 16.5.